The number of amides is 1. The van der Waals surface area contributed by atoms with Gasteiger partial charge >= 0.3 is 5.97 Å². The fourth-order valence-corrected chi connectivity index (χ4v) is 4.42. The molecule has 1 unspecified atom stereocenters. The third-order valence-corrected chi connectivity index (χ3v) is 6.44. The molecule has 3 aromatic rings. The van der Waals surface area contributed by atoms with Crippen LogP contribution in [0.5, 0.6) is 5.75 Å². The third-order valence-electron chi connectivity index (χ3n) is 4.80. The Bertz CT molecular complexity index is 1090. The van der Waals surface area contributed by atoms with Gasteiger partial charge in [-0.15, -0.1) is 23.1 Å². The Morgan fingerprint density at radius 2 is 2.16 bits per heavy atom. The van der Waals surface area contributed by atoms with Gasteiger partial charge < -0.3 is 13.9 Å². The maximum absolute atomic E-state index is 12.9. The number of hydrogen-bond donors (Lipinski definition) is 0. The van der Waals surface area contributed by atoms with E-state index in [-0.39, 0.29) is 11.6 Å². The lowest BCUT2D eigenvalue weighted by Crippen LogP contribution is -2.31. The van der Waals surface area contributed by atoms with Crippen LogP contribution >= 0.6 is 23.1 Å². The van der Waals surface area contributed by atoms with E-state index in [1.54, 1.807) is 41.9 Å². The minimum atomic E-state index is -0.631. The van der Waals surface area contributed by atoms with Crippen molar-refractivity contribution in [2.75, 3.05) is 20.0 Å². The highest BCUT2D eigenvalue weighted by molar-refractivity contribution is 7.98. The molecule has 0 fully saturated rings. The van der Waals surface area contributed by atoms with E-state index in [0.717, 1.165) is 15.5 Å². The molecule has 7 nitrogen and oxygen atoms in total. The van der Waals surface area contributed by atoms with Gasteiger partial charge in [0.1, 0.15) is 23.1 Å². The summed E-state index contributed by atoms with van der Waals surface area (Å²) in [6.07, 6.45) is 4.02. The number of thioether (sulfide) groups is 1. The highest BCUT2D eigenvalue weighted by atomic mass is 32.2. The standard InChI is InChI=1S/C22H20N2O5S2/c1-27-19-11-14(30-2)7-8-15(19)22(26)29-13-21(25)24-17(18-5-3-9-28-18)12-16(23-24)20-6-4-10-31-20/h3-11,17H,12-13H2,1-2H3. The first-order chi connectivity index (χ1) is 15.1. The number of hydrogen-bond acceptors (Lipinski definition) is 8. The molecule has 0 aliphatic carbocycles. The fraction of sp³-hybridized carbons (Fsp3) is 0.227. The number of carbonyl (C=O) groups excluding carboxylic acids is 2. The van der Waals surface area contributed by atoms with Crippen molar-refractivity contribution in [3.8, 4) is 5.75 Å². The van der Waals surface area contributed by atoms with E-state index in [2.05, 4.69) is 5.10 Å². The Morgan fingerprint density at radius 1 is 1.29 bits per heavy atom. The quantitative estimate of drug-likeness (QED) is 0.382. The van der Waals surface area contributed by atoms with Gasteiger partial charge in [-0.1, -0.05) is 6.07 Å². The fourth-order valence-electron chi connectivity index (χ4n) is 3.27. The third kappa shape index (κ3) is 4.52. The molecule has 0 spiro atoms. The van der Waals surface area contributed by atoms with Gasteiger partial charge in [-0.25, -0.2) is 9.80 Å². The van der Waals surface area contributed by atoms with Crippen molar-refractivity contribution in [3.63, 3.8) is 0 Å². The van der Waals surface area contributed by atoms with Gasteiger partial charge in [0.25, 0.3) is 5.91 Å². The molecule has 2 aromatic heterocycles. The molecular weight excluding hydrogens is 436 g/mol. The molecule has 1 aliphatic rings. The topological polar surface area (TPSA) is 81.3 Å². The maximum atomic E-state index is 12.9. The van der Waals surface area contributed by atoms with Crippen molar-refractivity contribution in [1.82, 2.24) is 5.01 Å². The highest BCUT2D eigenvalue weighted by Gasteiger charge is 2.35. The van der Waals surface area contributed by atoms with E-state index in [0.29, 0.717) is 17.9 Å². The van der Waals surface area contributed by atoms with Crippen LogP contribution in [-0.4, -0.2) is 42.6 Å². The lowest BCUT2D eigenvalue weighted by molar-refractivity contribution is -0.136. The summed E-state index contributed by atoms with van der Waals surface area (Å²) in [5.41, 5.74) is 1.06. The number of thiophene rings is 1. The molecule has 0 saturated heterocycles. The normalized spacial score (nSPS) is 15.6. The molecule has 0 radical (unpaired) electrons. The largest absolute Gasteiger partial charge is 0.496 e. The number of methoxy groups -OCH3 is 1. The monoisotopic (exact) mass is 456 g/mol. The predicted molar refractivity (Wildman–Crippen MR) is 119 cm³/mol. The Kier molecular flexibility index (Phi) is 6.43. The molecule has 31 heavy (non-hydrogen) atoms. The van der Waals surface area contributed by atoms with Crippen LogP contribution in [0.15, 0.2) is 68.5 Å². The van der Waals surface area contributed by atoms with Gasteiger partial charge in [0.15, 0.2) is 6.61 Å². The molecule has 4 rings (SSSR count). The summed E-state index contributed by atoms with van der Waals surface area (Å²) >= 11 is 3.09. The first-order valence-corrected chi connectivity index (χ1v) is 11.6. The lowest BCUT2D eigenvalue weighted by Gasteiger charge is -2.19. The minimum absolute atomic E-state index is 0.264. The van der Waals surface area contributed by atoms with Crippen molar-refractivity contribution in [3.05, 3.63) is 70.3 Å². The number of nitrogens with zero attached hydrogens (tertiary/aromatic N) is 2. The van der Waals surface area contributed by atoms with Gasteiger partial charge in [-0.2, -0.15) is 5.10 Å². The van der Waals surface area contributed by atoms with Crippen LogP contribution in [0.2, 0.25) is 0 Å². The van der Waals surface area contributed by atoms with E-state index in [1.807, 2.05) is 29.8 Å². The van der Waals surface area contributed by atoms with Crippen LogP contribution in [0.4, 0.5) is 0 Å². The van der Waals surface area contributed by atoms with E-state index < -0.39 is 18.5 Å². The van der Waals surface area contributed by atoms with Crippen molar-refractivity contribution >= 4 is 40.7 Å². The maximum Gasteiger partial charge on any atom is 0.342 e. The van der Waals surface area contributed by atoms with E-state index in [1.165, 1.54) is 23.9 Å². The SMILES string of the molecule is COc1cc(SC)ccc1C(=O)OCC(=O)N1N=C(c2cccs2)CC1c1ccco1. The van der Waals surface area contributed by atoms with Crippen LogP contribution in [0, 0.1) is 0 Å². The zero-order valence-corrected chi connectivity index (χ0v) is 18.6. The van der Waals surface area contributed by atoms with E-state index >= 15 is 0 Å². The van der Waals surface area contributed by atoms with Gasteiger partial charge in [0.05, 0.1) is 24.0 Å². The number of furan rings is 1. The van der Waals surface area contributed by atoms with E-state index in [9.17, 15) is 9.59 Å². The number of ether oxygens (including phenoxy) is 2. The number of benzene rings is 1. The Labute approximate surface area is 187 Å². The summed E-state index contributed by atoms with van der Waals surface area (Å²) in [6, 6.07) is 12.3. The summed E-state index contributed by atoms with van der Waals surface area (Å²) in [5.74, 6) is -0.0312. The van der Waals surface area contributed by atoms with Crippen LogP contribution in [-0.2, 0) is 9.53 Å². The molecular formula is C22H20N2O5S2. The van der Waals surface area contributed by atoms with E-state index in [4.69, 9.17) is 13.9 Å². The average molecular weight is 457 g/mol. The van der Waals surface area contributed by atoms with Gasteiger partial charge in [-0.05, 0) is 48.0 Å². The molecule has 1 aromatic carbocycles. The first-order valence-electron chi connectivity index (χ1n) is 9.46. The number of esters is 1. The zero-order chi connectivity index (χ0) is 21.8. The van der Waals surface area contributed by atoms with Crippen LogP contribution < -0.4 is 4.74 Å². The second kappa shape index (κ2) is 9.40. The number of rotatable bonds is 7. The average Bonchev–Trinajstić information content (AvgIpc) is 3.56. The zero-order valence-electron chi connectivity index (χ0n) is 16.9. The molecule has 0 N–H and O–H groups in total. The lowest BCUT2D eigenvalue weighted by atomic mass is 10.1. The molecule has 0 saturated carbocycles. The van der Waals surface area contributed by atoms with Crippen molar-refractivity contribution < 1.29 is 23.5 Å². The number of carbonyl (C=O) groups is 2. The second-order valence-electron chi connectivity index (χ2n) is 6.64. The first kappa shape index (κ1) is 21.2. The Hall–Kier alpha value is -3.04. The molecule has 3 heterocycles. The summed E-state index contributed by atoms with van der Waals surface area (Å²) < 4.78 is 16.1. The Balaban J connectivity index is 1.49. The second-order valence-corrected chi connectivity index (χ2v) is 8.47. The van der Waals surface area contributed by atoms with Crippen molar-refractivity contribution in [1.29, 1.82) is 0 Å². The molecule has 160 valence electrons. The molecule has 1 aliphatic heterocycles. The van der Waals surface area contributed by atoms with Crippen LogP contribution in [0.3, 0.4) is 0 Å². The molecule has 0 bridgehead atoms. The highest BCUT2D eigenvalue weighted by Crippen LogP contribution is 2.34. The predicted octanol–water partition coefficient (Wildman–Crippen LogP) is 4.61. The van der Waals surface area contributed by atoms with Crippen LogP contribution in [0.25, 0.3) is 0 Å². The molecule has 9 heteroatoms. The number of hydrazone groups is 1. The molecule has 1 atom stereocenters. The van der Waals surface area contributed by atoms with Gasteiger partial charge in [-0.3, -0.25) is 4.79 Å². The van der Waals surface area contributed by atoms with Gasteiger partial charge in [0, 0.05) is 11.3 Å². The molecule has 1 amide bonds. The smallest absolute Gasteiger partial charge is 0.342 e. The Morgan fingerprint density at radius 3 is 2.84 bits per heavy atom. The summed E-state index contributed by atoms with van der Waals surface area (Å²) in [5, 5.41) is 7.81. The van der Waals surface area contributed by atoms with Crippen molar-refractivity contribution in [2.45, 2.75) is 17.4 Å². The summed E-state index contributed by atoms with van der Waals surface area (Å²) in [4.78, 5) is 27.4. The summed E-state index contributed by atoms with van der Waals surface area (Å²) in [7, 11) is 1.49. The van der Waals surface area contributed by atoms with Gasteiger partial charge in [0.2, 0.25) is 0 Å². The van der Waals surface area contributed by atoms with Crippen LogP contribution in [0.1, 0.15) is 33.5 Å². The summed E-state index contributed by atoms with van der Waals surface area (Å²) in [6.45, 7) is -0.440. The minimum Gasteiger partial charge on any atom is -0.496 e. The van der Waals surface area contributed by atoms with Crippen molar-refractivity contribution in [2.24, 2.45) is 5.10 Å².